The Bertz CT molecular complexity index is 593. The van der Waals surface area contributed by atoms with Gasteiger partial charge in [0.1, 0.15) is 18.3 Å². The van der Waals surface area contributed by atoms with Gasteiger partial charge in [0.25, 0.3) is 5.91 Å². The summed E-state index contributed by atoms with van der Waals surface area (Å²) in [7, 11) is 1.48. The fourth-order valence-corrected chi connectivity index (χ4v) is 1.78. The average molecular weight is 278 g/mol. The number of nitrogens with zero attached hydrogens (tertiary/aromatic N) is 1. The van der Waals surface area contributed by atoms with Crippen molar-refractivity contribution in [2.75, 3.05) is 13.8 Å². The van der Waals surface area contributed by atoms with Gasteiger partial charge in [0.05, 0.1) is 0 Å². The quantitative estimate of drug-likeness (QED) is 0.850. The molecule has 1 N–H and O–H groups in total. The van der Waals surface area contributed by atoms with Crippen LogP contribution in [0.1, 0.15) is 27.7 Å². The van der Waals surface area contributed by atoms with E-state index in [1.165, 1.54) is 19.2 Å². The minimum Gasteiger partial charge on any atom is -0.445 e. The number of aryl methyl sites for hydroxylation is 1. The summed E-state index contributed by atoms with van der Waals surface area (Å²) in [6.07, 6.45) is 0.372. The molecule has 0 radical (unpaired) electrons. The van der Waals surface area contributed by atoms with Gasteiger partial charge in [0.15, 0.2) is 11.6 Å². The monoisotopic (exact) mass is 278 g/mol. The van der Waals surface area contributed by atoms with Crippen LogP contribution >= 0.6 is 0 Å². The number of benzene rings is 1. The van der Waals surface area contributed by atoms with Crippen molar-refractivity contribution in [2.24, 2.45) is 0 Å². The number of carbonyl (C=O) groups is 1. The maximum Gasteiger partial charge on any atom is 0.275 e. The van der Waals surface area contributed by atoms with Crippen LogP contribution in [0.25, 0.3) is 0 Å². The predicted octanol–water partition coefficient (Wildman–Crippen LogP) is 2.05. The molecular formula is C14H15FN2O3. The molecule has 0 aliphatic heterocycles. The minimum atomic E-state index is -0.360. The molecule has 0 bridgehead atoms. The molecule has 2 aromatic rings. The summed E-state index contributed by atoms with van der Waals surface area (Å²) in [5.74, 6) is 0.189. The Balaban J connectivity index is 2.19. The number of oxazole rings is 1. The van der Waals surface area contributed by atoms with E-state index < -0.39 is 0 Å². The second kappa shape index (κ2) is 6.29. The molecule has 0 atom stereocenters. The number of hydrogen-bond acceptors (Lipinski definition) is 4. The van der Waals surface area contributed by atoms with E-state index in [4.69, 9.17) is 9.15 Å². The molecule has 0 fully saturated rings. The maximum absolute atomic E-state index is 12.9. The van der Waals surface area contributed by atoms with Crippen LogP contribution in [-0.4, -0.2) is 24.7 Å². The molecule has 5 nitrogen and oxygen atoms in total. The summed E-state index contributed by atoms with van der Waals surface area (Å²) in [5, 5.41) is 2.55. The third kappa shape index (κ3) is 3.42. The van der Waals surface area contributed by atoms with Crippen LogP contribution in [-0.2, 0) is 11.2 Å². The van der Waals surface area contributed by atoms with E-state index >= 15 is 0 Å². The smallest absolute Gasteiger partial charge is 0.275 e. The normalized spacial score (nSPS) is 10.6. The van der Waals surface area contributed by atoms with Crippen molar-refractivity contribution < 1.29 is 18.3 Å². The summed E-state index contributed by atoms with van der Waals surface area (Å²) >= 11 is 0. The topological polar surface area (TPSA) is 64.4 Å². The van der Waals surface area contributed by atoms with Gasteiger partial charge in [-0.05, 0) is 17.7 Å². The van der Waals surface area contributed by atoms with E-state index in [1.54, 1.807) is 19.1 Å². The van der Waals surface area contributed by atoms with E-state index in [0.29, 0.717) is 18.1 Å². The first-order valence-electron chi connectivity index (χ1n) is 6.08. The van der Waals surface area contributed by atoms with E-state index in [0.717, 1.165) is 5.56 Å². The molecule has 1 amide bonds. The molecule has 2 rings (SSSR count). The van der Waals surface area contributed by atoms with Crippen molar-refractivity contribution >= 4 is 5.91 Å². The molecular weight excluding hydrogens is 263 g/mol. The van der Waals surface area contributed by atoms with E-state index in [9.17, 15) is 9.18 Å². The Morgan fingerprint density at radius 3 is 2.75 bits per heavy atom. The highest BCUT2D eigenvalue weighted by atomic mass is 19.1. The number of rotatable bonds is 5. The van der Waals surface area contributed by atoms with Gasteiger partial charge in [-0.15, -0.1) is 0 Å². The standard InChI is InChI=1S/C14H15FN2O3/c1-9-17-13(14(18)16-8-19-2)12(20-9)7-10-3-5-11(15)6-4-10/h3-6H,7-8H2,1-2H3,(H,16,18). The minimum absolute atomic E-state index is 0.0979. The van der Waals surface area contributed by atoms with Crippen LogP contribution in [0.2, 0.25) is 0 Å². The van der Waals surface area contributed by atoms with Crippen molar-refractivity contribution in [2.45, 2.75) is 13.3 Å². The lowest BCUT2D eigenvalue weighted by molar-refractivity contribution is 0.0866. The number of nitrogens with one attached hydrogen (secondary N) is 1. The lowest BCUT2D eigenvalue weighted by Gasteiger charge is -2.03. The third-order valence-corrected chi connectivity index (χ3v) is 2.67. The Morgan fingerprint density at radius 2 is 2.10 bits per heavy atom. The van der Waals surface area contributed by atoms with E-state index in [-0.39, 0.29) is 24.1 Å². The fraction of sp³-hybridized carbons (Fsp3) is 0.286. The number of amides is 1. The summed E-state index contributed by atoms with van der Waals surface area (Å²) in [6, 6.07) is 6.01. The number of methoxy groups -OCH3 is 1. The van der Waals surface area contributed by atoms with Gasteiger partial charge in [-0.3, -0.25) is 4.79 Å². The summed E-state index contributed by atoms with van der Waals surface area (Å²) in [5.41, 5.74) is 1.06. The van der Waals surface area contributed by atoms with E-state index in [1.807, 2.05) is 0 Å². The molecule has 20 heavy (non-hydrogen) atoms. The zero-order valence-electron chi connectivity index (χ0n) is 11.3. The summed E-state index contributed by atoms with van der Waals surface area (Å²) < 4.78 is 23.1. The van der Waals surface area contributed by atoms with E-state index in [2.05, 4.69) is 10.3 Å². The van der Waals surface area contributed by atoms with Crippen LogP contribution in [0.5, 0.6) is 0 Å². The molecule has 0 aliphatic rings. The second-order valence-electron chi connectivity index (χ2n) is 4.25. The zero-order chi connectivity index (χ0) is 14.5. The molecule has 0 saturated heterocycles. The number of ether oxygens (including phenoxy) is 1. The van der Waals surface area contributed by atoms with Gasteiger partial charge in [-0.2, -0.15) is 0 Å². The van der Waals surface area contributed by atoms with Gasteiger partial charge in [-0.1, -0.05) is 12.1 Å². The average Bonchev–Trinajstić information content (AvgIpc) is 2.79. The van der Waals surface area contributed by atoms with Crippen molar-refractivity contribution in [3.05, 3.63) is 53.0 Å². The first-order chi connectivity index (χ1) is 9.60. The lowest BCUT2D eigenvalue weighted by Crippen LogP contribution is -2.26. The van der Waals surface area contributed by atoms with Crippen LogP contribution in [0.3, 0.4) is 0 Å². The molecule has 1 heterocycles. The molecule has 6 heteroatoms. The van der Waals surface area contributed by atoms with Crippen molar-refractivity contribution in [3.63, 3.8) is 0 Å². The predicted molar refractivity (Wildman–Crippen MR) is 69.8 cm³/mol. The number of hydrogen-bond donors (Lipinski definition) is 1. The molecule has 1 aromatic carbocycles. The van der Waals surface area contributed by atoms with Crippen LogP contribution in [0, 0.1) is 12.7 Å². The molecule has 0 saturated carbocycles. The Labute approximate surface area is 115 Å². The van der Waals surface area contributed by atoms with Crippen LogP contribution in [0.4, 0.5) is 4.39 Å². The van der Waals surface area contributed by atoms with Gasteiger partial charge in [0.2, 0.25) is 0 Å². The van der Waals surface area contributed by atoms with Gasteiger partial charge in [0, 0.05) is 20.5 Å². The first-order valence-corrected chi connectivity index (χ1v) is 6.08. The summed E-state index contributed by atoms with van der Waals surface area (Å²) in [4.78, 5) is 16.0. The largest absolute Gasteiger partial charge is 0.445 e. The van der Waals surface area contributed by atoms with Crippen molar-refractivity contribution in [1.29, 1.82) is 0 Å². The molecule has 0 aliphatic carbocycles. The van der Waals surface area contributed by atoms with Gasteiger partial charge < -0.3 is 14.5 Å². The first kappa shape index (κ1) is 14.2. The highest BCUT2D eigenvalue weighted by Gasteiger charge is 2.18. The number of halogens is 1. The van der Waals surface area contributed by atoms with Gasteiger partial charge in [-0.25, -0.2) is 9.37 Å². The molecule has 1 aromatic heterocycles. The van der Waals surface area contributed by atoms with Crippen molar-refractivity contribution in [1.82, 2.24) is 10.3 Å². The third-order valence-electron chi connectivity index (χ3n) is 2.67. The zero-order valence-corrected chi connectivity index (χ0v) is 11.3. The highest BCUT2D eigenvalue weighted by Crippen LogP contribution is 2.16. The SMILES string of the molecule is COCNC(=O)c1nc(C)oc1Cc1ccc(F)cc1. The molecule has 106 valence electrons. The fourth-order valence-electron chi connectivity index (χ4n) is 1.78. The molecule has 0 spiro atoms. The Morgan fingerprint density at radius 1 is 1.40 bits per heavy atom. The number of aromatic nitrogens is 1. The van der Waals surface area contributed by atoms with Gasteiger partial charge >= 0.3 is 0 Å². The number of carbonyl (C=O) groups excluding carboxylic acids is 1. The molecule has 0 unspecified atom stereocenters. The Hall–Kier alpha value is -2.21. The Kier molecular flexibility index (Phi) is 4.47. The maximum atomic E-state index is 12.9. The summed E-state index contributed by atoms with van der Waals surface area (Å²) in [6.45, 7) is 1.77. The second-order valence-corrected chi connectivity index (χ2v) is 4.25. The van der Waals surface area contributed by atoms with Crippen LogP contribution in [0.15, 0.2) is 28.7 Å². The van der Waals surface area contributed by atoms with Crippen LogP contribution < -0.4 is 5.32 Å². The van der Waals surface area contributed by atoms with Crippen molar-refractivity contribution in [3.8, 4) is 0 Å². The lowest BCUT2D eigenvalue weighted by atomic mass is 10.1. The highest BCUT2D eigenvalue weighted by molar-refractivity contribution is 5.93.